The lowest BCUT2D eigenvalue weighted by atomic mass is 10.1. The Morgan fingerprint density at radius 1 is 1.15 bits per heavy atom. The summed E-state index contributed by atoms with van der Waals surface area (Å²) in [7, 11) is 3.24. The third-order valence-electron chi connectivity index (χ3n) is 6.50. The molecule has 0 radical (unpaired) electrons. The third-order valence-corrected chi connectivity index (χ3v) is 8.52. The number of halogens is 2. The number of carbonyl (C=O) groups is 2. The Labute approximate surface area is 256 Å². The second-order valence-corrected chi connectivity index (χ2v) is 11.5. The van der Waals surface area contributed by atoms with E-state index < -0.39 is 0 Å². The van der Waals surface area contributed by atoms with Gasteiger partial charge < -0.3 is 19.1 Å². The van der Waals surface area contributed by atoms with Crippen LogP contribution in [0.25, 0.3) is 6.08 Å². The van der Waals surface area contributed by atoms with Gasteiger partial charge in [-0.15, -0.1) is 0 Å². The van der Waals surface area contributed by atoms with E-state index in [-0.39, 0.29) is 18.4 Å². The normalized spacial score (nSPS) is 17.4. The summed E-state index contributed by atoms with van der Waals surface area (Å²) in [5, 5.41) is 1.14. The average molecular weight is 657 g/mol. The number of morpholine rings is 1. The molecule has 2 aliphatic heterocycles. The van der Waals surface area contributed by atoms with Gasteiger partial charge >= 0.3 is 0 Å². The van der Waals surface area contributed by atoms with Gasteiger partial charge in [0.15, 0.2) is 16.7 Å². The highest BCUT2D eigenvalue weighted by Crippen LogP contribution is 2.40. The van der Waals surface area contributed by atoms with Gasteiger partial charge in [0.25, 0.3) is 11.8 Å². The number of hydrogen-bond acceptors (Lipinski definition) is 7. The van der Waals surface area contributed by atoms with Crippen LogP contribution in [0.1, 0.15) is 21.5 Å². The molecule has 0 N–H and O–H groups in total. The lowest BCUT2D eigenvalue weighted by Gasteiger charge is -2.26. The van der Waals surface area contributed by atoms with Crippen LogP contribution in [0.5, 0.6) is 11.5 Å². The molecule has 2 saturated heterocycles. The van der Waals surface area contributed by atoms with E-state index in [1.165, 1.54) is 16.7 Å². The van der Waals surface area contributed by atoms with E-state index in [0.29, 0.717) is 68.6 Å². The van der Waals surface area contributed by atoms with Gasteiger partial charge in [-0.05, 0) is 75.7 Å². The third kappa shape index (κ3) is 6.78. The van der Waals surface area contributed by atoms with Gasteiger partial charge in [0.05, 0.1) is 35.4 Å². The van der Waals surface area contributed by atoms with E-state index in [1.807, 2.05) is 42.5 Å². The second-order valence-electron chi connectivity index (χ2n) is 9.24. The lowest BCUT2D eigenvalue weighted by molar-refractivity contribution is -0.121. The number of rotatable bonds is 7. The summed E-state index contributed by atoms with van der Waals surface area (Å²) in [6, 6.07) is 18.3. The number of carbonyl (C=O) groups excluding carboxylic acids is 2. The topological polar surface area (TPSA) is 80.7 Å². The molecule has 41 heavy (non-hydrogen) atoms. The van der Waals surface area contributed by atoms with Crippen LogP contribution in [0.15, 0.2) is 75.0 Å². The molecule has 2 aliphatic rings. The summed E-state index contributed by atoms with van der Waals surface area (Å²) >= 11 is 11.1. The molecule has 0 atom stereocenters. The highest BCUT2D eigenvalue weighted by Gasteiger charge is 2.31. The molecule has 3 aromatic rings. The maximum absolute atomic E-state index is 13.1. The number of likely N-dealkylation sites (N-methyl/N-ethyl adjacent to an activating group) is 1. The Bertz CT molecular complexity index is 1540. The zero-order valence-corrected chi connectivity index (χ0v) is 25.6. The quantitative estimate of drug-likeness (QED) is 0.274. The van der Waals surface area contributed by atoms with Crippen molar-refractivity contribution in [3.05, 3.63) is 91.8 Å². The van der Waals surface area contributed by atoms with Gasteiger partial charge in [0.1, 0.15) is 6.61 Å². The largest absolute Gasteiger partial charge is 0.493 e. The molecular formula is C30H27BrClN3O5S. The van der Waals surface area contributed by atoms with Crippen molar-refractivity contribution in [1.29, 1.82) is 0 Å². The lowest BCUT2D eigenvalue weighted by Crippen LogP contribution is -2.40. The fourth-order valence-electron chi connectivity index (χ4n) is 4.30. The molecule has 0 aromatic heterocycles. The maximum atomic E-state index is 13.1. The Morgan fingerprint density at radius 2 is 1.93 bits per heavy atom. The second kappa shape index (κ2) is 13.1. The highest BCUT2D eigenvalue weighted by atomic mass is 79.9. The van der Waals surface area contributed by atoms with E-state index >= 15 is 0 Å². The predicted molar refractivity (Wildman–Crippen MR) is 165 cm³/mol. The summed E-state index contributed by atoms with van der Waals surface area (Å²) in [5.74, 6) is 0.810. The fourth-order valence-corrected chi connectivity index (χ4v) is 6.05. The van der Waals surface area contributed by atoms with Crippen molar-refractivity contribution in [2.24, 2.45) is 4.99 Å². The summed E-state index contributed by atoms with van der Waals surface area (Å²) in [6.45, 7) is 2.47. The molecule has 2 heterocycles. The molecule has 0 saturated carbocycles. The minimum absolute atomic E-state index is 0.0572. The smallest absolute Gasteiger partial charge is 0.266 e. The zero-order chi connectivity index (χ0) is 28.9. The molecule has 2 amide bonds. The Morgan fingerprint density at radius 3 is 2.68 bits per heavy atom. The number of methoxy groups -OCH3 is 1. The van der Waals surface area contributed by atoms with Gasteiger partial charge in [-0.2, -0.15) is 0 Å². The van der Waals surface area contributed by atoms with E-state index in [1.54, 1.807) is 43.3 Å². The fraction of sp³-hybridized carbons (Fsp3) is 0.233. The van der Waals surface area contributed by atoms with Crippen molar-refractivity contribution in [1.82, 2.24) is 9.80 Å². The van der Waals surface area contributed by atoms with Crippen molar-refractivity contribution in [2.75, 3.05) is 40.5 Å². The molecule has 11 heteroatoms. The number of nitrogens with zero attached hydrogens (tertiary/aromatic N) is 3. The van der Waals surface area contributed by atoms with E-state index in [0.717, 1.165) is 11.1 Å². The average Bonchev–Trinajstić information content (AvgIpc) is 3.24. The van der Waals surface area contributed by atoms with Crippen molar-refractivity contribution < 1.29 is 23.8 Å². The van der Waals surface area contributed by atoms with Crippen molar-refractivity contribution in [3.8, 4) is 11.5 Å². The van der Waals surface area contributed by atoms with Crippen LogP contribution in [0.3, 0.4) is 0 Å². The minimum atomic E-state index is -0.177. The molecular weight excluding hydrogens is 630 g/mol. The SMILES string of the molecule is COc1cc(/C=C2/SC(=Nc3cccc(C(=O)N4CCOCC4)c3)N(C)C2=O)cc(Br)c1OCc1ccccc1Cl. The number of benzene rings is 3. The van der Waals surface area contributed by atoms with Crippen LogP contribution >= 0.6 is 39.3 Å². The van der Waals surface area contributed by atoms with Crippen molar-refractivity contribution in [3.63, 3.8) is 0 Å². The molecule has 0 unspecified atom stereocenters. The zero-order valence-electron chi connectivity index (χ0n) is 22.4. The first-order valence-corrected chi connectivity index (χ1v) is 14.8. The maximum Gasteiger partial charge on any atom is 0.266 e. The van der Waals surface area contributed by atoms with Gasteiger partial charge in [-0.1, -0.05) is 35.9 Å². The van der Waals surface area contributed by atoms with Crippen molar-refractivity contribution in [2.45, 2.75) is 6.61 Å². The van der Waals surface area contributed by atoms with E-state index in [4.69, 9.17) is 25.8 Å². The first-order valence-electron chi connectivity index (χ1n) is 12.8. The molecule has 212 valence electrons. The van der Waals surface area contributed by atoms with Gasteiger partial charge in [-0.25, -0.2) is 4.99 Å². The van der Waals surface area contributed by atoms with Gasteiger partial charge in [-0.3, -0.25) is 14.5 Å². The van der Waals surface area contributed by atoms with Crippen LogP contribution in [0.4, 0.5) is 5.69 Å². The molecule has 3 aromatic carbocycles. The summed E-state index contributed by atoms with van der Waals surface area (Å²) < 4.78 is 17.6. The molecule has 5 rings (SSSR count). The van der Waals surface area contributed by atoms with Crippen molar-refractivity contribution >= 4 is 68.0 Å². The van der Waals surface area contributed by atoms with Crippen LogP contribution < -0.4 is 9.47 Å². The number of thioether (sulfide) groups is 1. The van der Waals surface area contributed by atoms with Crippen LogP contribution in [0, 0.1) is 0 Å². The Kier molecular flexibility index (Phi) is 9.34. The number of hydrogen-bond donors (Lipinski definition) is 0. The monoisotopic (exact) mass is 655 g/mol. The molecule has 2 fully saturated rings. The molecule has 0 aliphatic carbocycles. The first kappa shape index (κ1) is 29.2. The van der Waals surface area contributed by atoms with E-state index in [9.17, 15) is 9.59 Å². The number of amidine groups is 1. The summed E-state index contributed by atoms with van der Waals surface area (Å²) in [5.41, 5.74) is 2.75. The standard InChI is InChI=1S/C30H27BrClN3O5S/c1-34-29(37)26(41-30(34)33-22-8-5-7-20(17-22)28(36)35-10-12-39-13-11-35)16-19-14-23(31)27(25(15-19)38-2)40-18-21-6-3-4-9-24(21)32/h3-9,14-17H,10-13,18H2,1-2H3/b26-16+,33-30?. The predicted octanol–water partition coefficient (Wildman–Crippen LogP) is 6.40. The van der Waals surface area contributed by atoms with Crippen LogP contribution in [-0.4, -0.2) is 67.2 Å². The summed E-state index contributed by atoms with van der Waals surface area (Å²) in [4.78, 5) is 34.5. The van der Waals surface area contributed by atoms with Gasteiger partial charge in [0, 0.05) is 36.3 Å². The molecule has 0 spiro atoms. The molecule has 8 nitrogen and oxygen atoms in total. The Hall–Kier alpha value is -3.31. The molecule has 0 bridgehead atoms. The number of amides is 2. The van der Waals surface area contributed by atoms with Gasteiger partial charge in [0.2, 0.25) is 0 Å². The minimum Gasteiger partial charge on any atom is -0.493 e. The summed E-state index contributed by atoms with van der Waals surface area (Å²) in [6.07, 6.45) is 1.79. The van der Waals surface area contributed by atoms with Crippen LogP contribution in [-0.2, 0) is 16.1 Å². The van der Waals surface area contributed by atoms with E-state index in [2.05, 4.69) is 20.9 Å². The first-order chi connectivity index (χ1) is 19.8. The number of aliphatic imine (C=N–C) groups is 1. The highest BCUT2D eigenvalue weighted by molar-refractivity contribution is 9.10. The van der Waals surface area contributed by atoms with Crippen LogP contribution in [0.2, 0.25) is 5.02 Å². The number of ether oxygens (including phenoxy) is 3. The Balaban J connectivity index is 1.34.